The second-order valence-corrected chi connectivity index (χ2v) is 5.11. The molecule has 0 radical (unpaired) electrons. The Labute approximate surface area is 134 Å². The van der Waals surface area contributed by atoms with Crippen molar-refractivity contribution < 1.29 is 17.9 Å². The lowest BCUT2D eigenvalue weighted by Crippen LogP contribution is -2.07. The second-order valence-electron chi connectivity index (χ2n) is 5.11. The van der Waals surface area contributed by atoms with Crippen LogP contribution in [0.3, 0.4) is 0 Å². The van der Waals surface area contributed by atoms with Crippen LogP contribution in [-0.2, 0) is 6.18 Å². The van der Waals surface area contributed by atoms with Gasteiger partial charge in [0.1, 0.15) is 17.4 Å². The molecule has 1 aliphatic rings. The Bertz CT molecular complexity index is 790. The molecule has 1 heterocycles. The van der Waals surface area contributed by atoms with Gasteiger partial charge in [-0.1, -0.05) is 0 Å². The van der Waals surface area contributed by atoms with E-state index in [9.17, 15) is 13.2 Å². The van der Waals surface area contributed by atoms with Crippen LogP contribution in [0, 0.1) is 11.3 Å². The normalized spacial score (nSPS) is 15.0. The van der Waals surface area contributed by atoms with Crippen molar-refractivity contribution in [1.82, 2.24) is 20.6 Å². The number of nitrogens with one attached hydrogen (secondary N) is 2. The van der Waals surface area contributed by atoms with Gasteiger partial charge in [0.2, 0.25) is 5.82 Å². The summed E-state index contributed by atoms with van der Waals surface area (Å²) in [5.41, 5.74) is -0.683. The molecule has 0 atom stereocenters. The highest BCUT2D eigenvalue weighted by atomic mass is 19.4. The summed E-state index contributed by atoms with van der Waals surface area (Å²) in [6.45, 7) is 0. The lowest BCUT2D eigenvalue weighted by Gasteiger charge is -2.13. The molecular weight excluding hydrogens is 325 g/mol. The standard InChI is InChI=1S/C14H11F3N6O/c15-14(16,17)9-3-10(5-12(4-9)24-11-1-2-11)19-7-8(6-18)13-20-22-23-21-13/h3-5,7,11,19H,1-2H2,(H,20,21,22,23). The smallest absolute Gasteiger partial charge is 0.416 e. The SMILES string of the molecule is N#CC(=CNc1cc(OC2CC2)cc(C(F)(F)F)c1)c1nn[nH]n1. The third-order valence-corrected chi connectivity index (χ3v) is 3.15. The molecule has 2 aromatic rings. The van der Waals surface area contributed by atoms with Crippen LogP contribution < -0.4 is 10.1 Å². The van der Waals surface area contributed by atoms with Crippen LogP contribution in [0.2, 0.25) is 0 Å². The zero-order chi connectivity index (χ0) is 17.2. The van der Waals surface area contributed by atoms with Crippen molar-refractivity contribution in [3.05, 3.63) is 35.8 Å². The van der Waals surface area contributed by atoms with E-state index >= 15 is 0 Å². The quantitative estimate of drug-likeness (QED) is 0.815. The van der Waals surface area contributed by atoms with E-state index in [1.165, 1.54) is 12.3 Å². The number of H-pyrrole nitrogens is 1. The molecule has 1 fully saturated rings. The predicted molar refractivity (Wildman–Crippen MR) is 76.5 cm³/mol. The van der Waals surface area contributed by atoms with Gasteiger partial charge in [0.05, 0.1) is 11.7 Å². The van der Waals surface area contributed by atoms with Crippen molar-refractivity contribution in [2.75, 3.05) is 5.32 Å². The number of aromatic nitrogens is 4. The lowest BCUT2D eigenvalue weighted by molar-refractivity contribution is -0.137. The molecule has 0 bridgehead atoms. The molecule has 0 unspecified atom stereocenters. The van der Waals surface area contributed by atoms with Crippen LogP contribution >= 0.6 is 0 Å². The van der Waals surface area contributed by atoms with Gasteiger partial charge in [0.25, 0.3) is 0 Å². The maximum Gasteiger partial charge on any atom is 0.416 e. The first-order valence-corrected chi connectivity index (χ1v) is 6.95. The van der Waals surface area contributed by atoms with Crippen molar-refractivity contribution >= 4 is 11.3 Å². The Morgan fingerprint density at radius 2 is 2.17 bits per heavy atom. The van der Waals surface area contributed by atoms with Crippen molar-refractivity contribution in [3.63, 3.8) is 0 Å². The lowest BCUT2D eigenvalue weighted by atomic mass is 10.1. The predicted octanol–water partition coefficient (Wildman–Crippen LogP) is 2.74. The van der Waals surface area contributed by atoms with Gasteiger partial charge in [0, 0.05) is 18.0 Å². The highest BCUT2D eigenvalue weighted by molar-refractivity contribution is 5.74. The van der Waals surface area contributed by atoms with Crippen LogP contribution in [0.4, 0.5) is 18.9 Å². The molecule has 24 heavy (non-hydrogen) atoms. The number of allylic oxidation sites excluding steroid dienone is 1. The van der Waals surface area contributed by atoms with Crippen molar-refractivity contribution in [2.24, 2.45) is 0 Å². The summed E-state index contributed by atoms with van der Waals surface area (Å²) in [5, 5.41) is 24.5. The van der Waals surface area contributed by atoms with Crippen LogP contribution in [0.25, 0.3) is 5.57 Å². The number of ether oxygens (including phenoxy) is 1. The average Bonchev–Trinajstić information content (AvgIpc) is 3.17. The molecule has 7 nitrogen and oxygen atoms in total. The fourth-order valence-corrected chi connectivity index (χ4v) is 1.87. The molecule has 3 rings (SSSR count). The molecule has 2 N–H and O–H groups in total. The molecule has 0 spiro atoms. The highest BCUT2D eigenvalue weighted by Gasteiger charge is 2.32. The maximum atomic E-state index is 13.0. The van der Waals surface area contributed by atoms with Gasteiger partial charge < -0.3 is 10.1 Å². The van der Waals surface area contributed by atoms with Gasteiger partial charge in [-0.2, -0.15) is 23.6 Å². The van der Waals surface area contributed by atoms with E-state index in [1.807, 2.05) is 6.07 Å². The molecule has 0 amide bonds. The third-order valence-electron chi connectivity index (χ3n) is 3.15. The number of benzene rings is 1. The Hall–Kier alpha value is -3.09. The van der Waals surface area contributed by atoms with Crippen LogP contribution in [0.1, 0.15) is 24.2 Å². The third kappa shape index (κ3) is 3.81. The molecular formula is C14H11F3N6O. The highest BCUT2D eigenvalue weighted by Crippen LogP contribution is 2.36. The number of nitrogens with zero attached hydrogens (tertiary/aromatic N) is 4. The molecule has 0 aliphatic heterocycles. The van der Waals surface area contributed by atoms with Gasteiger partial charge >= 0.3 is 6.18 Å². The summed E-state index contributed by atoms with van der Waals surface area (Å²) in [6, 6.07) is 5.16. The van der Waals surface area contributed by atoms with E-state index in [2.05, 4.69) is 25.9 Å². The zero-order valence-electron chi connectivity index (χ0n) is 12.1. The minimum Gasteiger partial charge on any atom is -0.490 e. The van der Waals surface area contributed by atoms with E-state index in [0.717, 1.165) is 25.0 Å². The molecule has 10 heteroatoms. The summed E-state index contributed by atoms with van der Waals surface area (Å²) in [4.78, 5) is 0. The Morgan fingerprint density at radius 1 is 1.38 bits per heavy atom. The van der Waals surface area contributed by atoms with Gasteiger partial charge in [-0.05, 0) is 30.2 Å². The minimum atomic E-state index is -4.51. The van der Waals surface area contributed by atoms with Gasteiger partial charge in [0.15, 0.2) is 0 Å². The second kappa shape index (κ2) is 6.19. The summed E-state index contributed by atoms with van der Waals surface area (Å²) in [5.74, 6) is 0.160. The summed E-state index contributed by atoms with van der Waals surface area (Å²) in [6.07, 6.45) is -1.67. The van der Waals surface area contributed by atoms with Crippen molar-refractivity contribution in [2.45, 2.75) is 25.1 Å². The molecule has 1 aromatic heterocycles. The first kappa shape index (κ1) is 15.8. The number of rotatable bonds is 5. The first-order valence-electron chi connectivity index (χ1n) is 6.95. The average molecular weight is 336 g/mol. The number of alkyl halides is 3. The van der Waals surface area contributed by atoms with E-state index in [-0.39, 0.29) is 28.9 Å². The monoisotopic (exact) mass is 336 g/mol. The number of nitriles is 1. The Balaban J connectivity index is 1.87. The number of aromatic amines is 1. The number of halogens is 3. The van der Waals surface area contributed by atoms with Gasteiger partial charge in [-0.25, -0.2) is 0 Å². The molecule has 0 saturated heterocycles. The molecule has 124 valence electrons. The van der Waals surface area contributed by atoms with E-state index in [1.54, 1.807) is 0 Å². The van der Waals surface area contributed by atoms with Crippen LogP contribution in [0.15, 0.2) is 24.4 Å². The summed E-state index contributed by atoms with van der Waals surface area (Å²) in [7, 11) is 0. The number of hydrogen-bond acceptors (Lipinski definition) is 6. The summed E-state index contributed by atoms with van der Waals surface area (Å²) >= 11 is 0. The van der Waals surface area contributed by atoms with Crippen molar-refractivity contribution in [3.8, 4) is 11.8 Å². The fourth-order valence-electron chi connectivity index (χ4n) is 1.87. The first-order chi connectivity index (χ1) is 11.5. The van der Waals surface area contributed by atoms with E-state index in [4.69, 9.17) is 10.00 Å². The zero-order valence-corrected chi connectivity index (χ0v) is 12.1. The van der Waals surface area contributed by atoms with Crippen molar-refractivity contribution in [1.29, 1.82) is 5.26 Å². The van der Waals surface area contributed by atoms with Crippen LogP contribution in [-0.4, -0.2) is 26.7 Å². The van der Waals surface area contributed by atoms with E-state index in [0.29, 0.717) is 0 Å². The number of tetrazole rings is 1. The largest absolute Gasteiger partial charge is 0.490 e. The van der Waals surface area contributed by atoms with E-state index < -0.39 is 11.7 Å². The molecule has 1 saturated carbocycles. The van der Waals surface area contributed by atoms with Gasteiger partial charge in [-0.3, -0.25) is 0 Å². The number of anilines is 1. The van der Waals surface area contributed by atoms with Gasteiger partial charge in [-0.15, -0.1) is 10.2 Å². The number of hydrogen-bond donors (Lipinski definition) is 2. The molecule has 1 aliphatic carbocycles. The Morgan fingerprint density at radius 3 is 2.75 bits per heavy atom. The Kier molecular flexibility index (Phi) is 4.07. The van der Waals surface area contributed by atoms with Crippen LogP contribution in [0.5, 0.6) is 5.75 Å². The molecule has 1 aromatic carbocycles. The maximum absolute atomic E-state index is 13.0. The minimum absolute atomic E-state index is 0.0193. The summed E-state index contributed by atoms with van der Waals surface area (Å²) < 4.78 is 44.5. The topological polar surface area (TPSA) is 99.5 Å². The fraction of sp³-hybridized carbons (Fsp3) is 0.286.